The highest BCUT2D eigenvalue weighted by atomic mass is 32.2. The van der Waals surface area contributed by atoms with Gasteiger partial charge in [-0.3, -0.25) is 0 Å². The van der Waals surface area contributed by atoms with Gasteiger partial charge in [-0.15, -0.1) is 0 Å². The van der Waals surface area contributed by atoms with Crippen molar-refractivity contribution in [2.45, 2.75) is 57.2 Å². The van der Waals surface area contributed by atoms with Crippen molar-refractivity contribution in [2.24, 2.45) is 0 Å². The van der Waals surface area contributed by atoms with Crippen LogP contribution in [0.4, 0.5) is 4.79 Å². The van der Waals surface area contributed by atoms with Crippen molar-refractivity contribution in [1.29, 1.82) is 0 Å². The SMILES string of the molecule is CC[C@H](NC(=O)N[C@H]1CCCSC1)[C@H]1CCCO1. The van der Waals surface area contributed by atoms with Gasteiger partial charge in [-0.05, 0) is 37.9 Å². The standard InChI is InChI=1S/C13H24N2O2S/c1-2-11(12-6-3-7-17-12)15-13(16)14-10-5-4-8-18-9-10/h10-12H,2-9H2,1H3,(H2,14,15,16)/t10-,11-,12+/m0/s1. The summed E-state index contributed by atoms with van der Waals surface area (Å²) in [5.74, 6) is 2.28. The van der Waals surface area contributed by atoms with E-state index in [4.69, 9.17) is 4.74 Å². The van der Waals surface area contributed by atoms with Gasteiger partial charge in [0.1, 0.15) is 0 Å². The first-order valence-corrected chi connectivity index (χ1v) is 8.21. The minimum absolute atomic E-state index is 0.0233. The average Bonchev–Trinajstić information content (AvgIpc) is 2.91. The largest absolute Gasteiger partial charge is 0.376 e. The van der Waals surface area contributed by atoms with Gasteiger partial charge >= 0.3 is 6.03 Å². The maximum absolute atomic E-state index is 12.0. The third-order valence-corrected chi connectivity index (χ3v) is 4.88. The van der Waals surface area contributed by atoms with Gasteiger partial charge in [-0.2, -0.15) is 11.8 Å². The molecule has 3 atom stereocenters. The van der Waals surface area contributed by atoms with Crippen LogP contribution in [0.2, 0.25) is 0 Å². The molecule has 104 valence electrons. The van der Waals surface area contributed by atoms with Gasteiger partial charge in [0.05, 0.1) is 12.1 Å². The van der Waals surface area contributed by atoms with Gasteiger partial charge in [0.15, 0.2) is 0 Å². The van der Waals surface area contributed by atoms with E-state index in [1.807, 2.05) is 11.8 Å². The Labute approximate surface area is 114 Å². The Morgan fingerprint density at radius 3 is 2.94 bits per heavy atom. The maximum atomic E-state index is 12.0. The van der Waals surface area contributed by atoms with Gasteiger partial charge in [0.2, 0.25) is 0 Å². The Morgan fingerprint density at radius 2 is 2.33 bits per heavy atom. The molecule has 2 aliphatic heterocycles. The lowest BCUT2D eigenvalue weighted by Crippen LogP contribution is -2.50. The Bertz CT molecular complexity index is 264. The summed E-state index contributed by atoms with van der Waals surface area (Å²) >= 11 is 1.93. The number of thioether (sulfide) groups is 1. The van der Waals surface area contributed by atoms with Crippen molar-refractivity contribution in [3.63, 3.8) is 0 Å². The fraction of sp³-hybridized carbons (Fsp3) is 0.923. The summed E-state index contributed by atoms with van der Waals surface area (Å²) in [5, 5.41) is 6.15. The van der Waals surface area contributed by atoms with Crippen molar-refractivity contribution in [2.75, 3.05) is 18.1 Å². The summed E-state index contributed by atoms with van der Waals surface area (Å²) in [6.45, 7) is 2.94. The highest BCUT2D eigenvalue weighted by Gasteiger charge is 2.26. The number of carbonyl (C=O) groups excluding carboxylic acids is 1. The van der Waals surface area contributed by atoms with Crippen molar-refractivity contribution in [3.8, 4) is 0 Å². The Morgan fingerprint density at radius 1 is 1.44 bits per heavy atom. The molecule has 0 aromatic carbocycles. The molecule has 5 heteroatoms. The molecule has 2 rings (SSSR count). The molecule has 0 aromatic rings. The molecular weight excluding hydrogens is 248 g/mol. The van der Waals surface area contributed by atoms with E-state index in [0.717, 1.165) is 38.0 Å². The van der Waals surface area contributed by atoms with Gasteiger partial charge in [-0.25, -0.2) is 4.79 Å². The molecule has 0 saturated carbocycles. The van der Waals surface area contributed by atoms with Crippen molar-refractivity contribution in [3.05, 3.63) is 0 Å². The molecule has 2 N–H and O–H groups in total. The molecule has 4 nitrogen and oxygen atoms in total. The third-order valence-electron chi connectivity index (χ3n) is 3.67. The van der Waals surface area contributed by atoms with Crippen LogP contribution in [0.25, 0.3) is 0 Å². The van der Waals surface area contributed by atoms with E-state index in [9.17, 15) is 4.79 Å². The minimum Gasteiger partial charge on any atom is -0.376 e. The molecule has 2 heterocycles. The predicted octanol–water partition coefficient (Wildman–Crippen LogP) is 2.14. The zero-order valence-corrected chi connectivity index (χ0v) is 11.9. The monoisotopic (exact) mass is 272 g/mol. The van der Waals surface area contributed by atoms with Crippen molar-refractivity contribution >= 4 is 17.8 Å². The summed E-state index contributed by atoms with van der Waals surface area (Å²) in [5.41, 5.74) is 0. The number of amides is 2. The molecule has 0 spiro atoms. The van der Waals surface area contributed by atoms with Crippen LogP contribution in [0.15, 0.2) is 0 Å². The smallest absolute Gasteiger partial charge is 0.315 e. The number of hydrogen-bond donors (Lipinski definition) is 2. The van der Waals surface area contributed by atoms with Crippen LogP contribution in [0.5, 0.6) is 0 Å². The number of hydrogen-bond acceptors (Lipinski definition) is 3. The minimum atomic E-state index is -0.0233. The van der Waals surface area contributed by atoms with Crippen molar-refractivity contribution in [1.82, 2.24) is 10.6 Å². The van der Waals surface area contributed by atoms with E-state index < -0.39 is 0 Å². The fourth-order valence-electron chi connectivity index (χ4n) is 2.63. The molecule has 18 heavy (non-hydrogen) atoms. The number of carbonyl (C=O) groups is 1. The van der Waals surface area contributed by atoms with Gasteiger partial charge < -0.3 is 15.4 Å². The van der Waals surface area contributed by atoms with Gasteiger partial charge in [0, 0.05) is 18.4 Å². The first kappa shape index (κ1) is 14.0. The Hall–Kier alpha value is -0.420. The highest BCUT2D eigenvalue weighted by molar-refractivity contribution is 7.99. The normalized spacial score (nSPS) is 29.8. The second kappa shape index (κ2) is 7.24. The zero-order chi connectivity index (χ0) is 12.8. The van der Waals surface area contributed by atoms with E-state index in [0.29, 0.717) is 6.04 Å². The van der Waals surface area contributed by atoms with E-state index in [1.54, 1.807) is 0 Å². The molecule has 2 fully saturated rings. The van der Waals surface area contributed by atoms with Crippen LogP contribution in [0.1, 0.15) is 39.0 Å². The molecule has 0 aromatic heterocycles. The lowest BCUT2D eigenvalue weighted by Gasteiger charge is -2.26. The quantitative estimate of drug-likeness (QED) is 0.824. The molecule has 0 bridgehead atoms. The summed E-state index contributed by atoms with van der Waals surface area (Å²) in [7, 11) is 0. The van der Waals surface area contributed by atoms with E-state index in [-0.39, 0.29) is 18.2 Å². The highest BCUT2D eigenvalue weighted by Crippen LogP contribution is 2.18. The summed E-state index contributed by atoms with van der Waals surface area (Å²) in [6.07, 6.45) is 5.64. The molecule has 2 aliphatic rings. The van der Waals surface area contributed by atoms with Crippen LogP contribution in [0, 0.1) is 0 Å². The first-order valence-electron chi connectivity index (χ1n) is 7.06. The van der Waals surface area contributed by atoms with Crippen LogP contribution in [-0.2, 0) is 4.74 Å². The molecule has 0 aliphatic carbocycles. The van der Waals surface area contributed by atoms with Gasteiger partial charge in [-0.1, -0.05) is 6.92 Å². The summed E-state index contributed by atoms with van der Waals surface area (Å²) in [6, 6.07) is 0.472. The van der Waals surface area contributed by atoms with E-state index in [2.05, 4.69) is 17.6 Å². The molecule has 0 radical (unpaired) electrons. The summed E-state index contributed by atoms with van der Waals surface area (Å²) < 4.78 is 5.65. The number of nitrogens with one attached hydrogen (secondary N) is 2. The average molecular weight is 272 g/mol. The Kier molecular flexibility index (Phi) is 5.63. The van der Waals surface area contributed by atoms with Crippen molar-refractivity contribution < 1.29 is 9.53 Å². The molecule has 2 saturated heterocycles. The molecule has 0 unspecified atom stereocenters. The van der Waals surface area contributed by atoms with Crippen LogP contribution < -0.4 is 10.6 Å². The molecular formula is C13H24N2O2S. The number of ether oxygens (including phenoxy) is 1. The second-order valence-electron chi connectivity index (χ2n) is 5.10. The fourth-order valence-corrected chi connectivity index (χ4v) is 3.70. The van der Waals surface area contributed by atoms with Crippen LogP contribution in [0.3, 0.4) is 0 Å². The van der Waals surface area contributed by atoms with E-state index in [1.165, 1.54) is 12.2 Å². The number of rotatable bonds is 4. The van der Waals surface area contributed by atoms with Gasteiger partial charge in [0.25, 0.3) is 0 Å². The zero-order valence-electron chi connectivity index (χ0n) is 11.1. The topological polar surface area (TPSA) is 50.4 Å². The lowest BCUT2D eigenvalue weighted by atomic mass is 10.1. The Balaban J connectivity index is 1.73. The molecule has 2 amide bonds. The van der Waals surface area contributed by atoms with E-state index >= 15 is 0 Å². The predicted molar refractivity (Wildman–Crippen MR) is 75.1 cm³/mol. The maximum Gasteiger partial charge on any atom is 0.315 e. The van der Waals surface area contributed by atoms with Crippen LogP contribution >= 0.6 is 11.8 Å². The summed E-state index contributed by atoms with van der Waals surface area (Å²) in [4.78, 5) is 12.0. The number of urea groups is 1. The lowest BCUT2D eigenvalue weighted by molar-refractivity contribution is 0.0795. The second-order valence-corrected chi connectivity index (χ2v) is 6.25. The van der Waals surface area contributed by atoms with Crippen LogP contribution in [-0.4, -0.2) is 42.3 Å². The first-order chi connectivity index (χ1) is 8.79. The third kappa shape index (κ3) is 4.05.